The van der Waals surface area contributed by atoms with E-state index in [0.29, 0.717) is 5.82 Å². The van der Waals surface area contributed by atoms with E-state index >= 15 is 0 Å². The molecule has 1 aliphatic carbocycles. The van der Waals surface area contributed by atoms with E-state index in [1.807, 2.05) is 0 Å². The molecule has 0 amide bonds. The Labute approximate surface area is 103 Å². The molecule has 0 atom stereocenters. The average Bonchev–Trinajstić information content (AvgIpc) is 3.19. The second kappa shape index (κ2) is 4.99. The summed E-state index contributed by atoms with van der Waals surface area (Å²) < 4.78 is 4.51. The number of carbonyl (C=O) groups excluding carboxylic acids is 1. The molecular formula is C11H13N3O4. The highest BCUT2D eigenvalue weighted by Gasteiger charge is 2.31. The first-order valence-electron chi connectivity index (χ1n) is 5.52. The standard InChI is InChI=1S/C11H13N3O4/c1-18-11(17)8-4-5-9(13-12-8)14(6-10(15)16)7-2-3-7/h4-5,7H,2-3,6H2,1H3,(H,15,16). The number of ether oxygens (including phenoxy) is 1. The number of carboxylic acid groups (broad SMARTS) is 1. The molecule has 0 bridgehead atoms. The summed E-state index contributed by atoms with van der Waals surface area (Å²) in [5, 5.41) is 16.4. The number of anilines is 1. The molecule has 1 N–H and O–H groups in total. The molecule has 18 heavy (non-hydrogen) atoms. The quantitative estimate of drug-likeness (QED) is 0.753. The normalized spacial score (nSPS) is 14.1. The van der Waals surface area contributed by atoms with Crippen LogP contribution in [0, 0.1) is 0 Å². The number of methoxy groups -OCH3 is 1. The fourth-order valence-corrected chi connectivity index (χ4v) is 1.62. The van der Waals surface area contributed by atoms with Crippen molar-refractivity contribution in [3.05, 3.63) is 17.8 Å². The molecule has 1 fully saturated rings. The largest absolute Gasteiger partial charge is 0.480 e. The van der Waals surface area contributed by atoms with Crippen molar-refractivity contribution >= 4 is 17.8 Å². The summed E-state index contributed by atoms with van der Waals surface area (Å²) in [6.45, 7) is -0.114. The van der Waals surface area contributed by atoms with Gasteiger partial charge in [0.25, 0.3) is 0 Å². The van der Waals surface area contributed by atoms with Crippen molar-refractivity contribution in [2.24, 2.45) is 0 Å². The summed E-state index contributed by atoms with van der Waals surface area (Å²) in [7, 11) is 1.26. The SMILES string of the molecule is COC(=O)c1ccc(N(CC(=O)O)C2CC2)nn1. The molecule has 0 spiro atoms. The number of rotatable bonds is 5. The first-order valence-corrected chi connectivity index (χ1v) is 5.52. The van der Waals surface area contributed by atoms with Crippen molar-refractivity contribution in [1.82, 2.24) is 10.2 Å². The van der Waals surface area contributed by atoms with E-state index in [9.17, 15) is 9.59 Å². The fraction of sp³-hybridized carbons (Fsp3) is 0.455. The highest BCUT2D eigenvalue weighted by molar-refractivity contribution is 5.87. The van der Waals surface area contributed by atoms with Crippen LogP contribution < -0.4 is 4.90 Å². The predicted octanol–water partition coefficient (Wildman–Crippen LogP) is 0.317. The van der Waals surface area contributed by atoms with E-state index in [1.165, 1.54) is 13.2 Å². The van der Waals surface area contributed by atoms with Gasteiger partial charge >= 0.3 is 11.9 Å². The maximum atomic E-state index is 11.2. The molecule has 96 valence electrons. The molecular weight excluding hydrogens is 238 g/mol. The van der Waals surface area contributed by atoms with Crippen molar-refractivity contribution in [3.63, 3.8) is 0 Å². The molecule has 0 saturated heterocycles. The third kappa shape index (κ3) is 2.73. The lowest BCUT2D eigenvalue weighted by molar-refractivity contribution is -0.135. The summed E-state index contributed by atoms with van der Waals surface area (Å²) in [4.78, 5) is 23.6. The van der Waals surface area contributed by atoms with Crippen LogP contribution in [0.3, 0.4) is 0 Å². The number of hydrogen-bond donors (Lipinski definition) is 1. The number of aliphatic carboxylic acids is 1. The lowest BCUT2D eigenvalue weighted by Crippen LogP contribution is -2.32. The van der Waals surface area contributed by atoms with Crippen LogP contribution in [-0.2, 0) is 9.53 Å². The minimum atomic E-state index is -0.916. The van der Waals surface area contributed by atoms with Crippen molar-refractivity contribution in [2.75, 3.05) is 18.6 Å². The Morgan fingerprint density at radius 1 is 1.44 bits per heavy atom. The lowest BCUT2D eigenvalue weighted by atomic mass is 10.3. The molecule has 7 heteroatoms. The smallest absolute Gasteiger partial charge is 0.358 e. The Kier molecular flexibility index (Phi) is 3.40. The van der Waals surface area contributed by atoms with E-state index in [-0.39, 0.29) is 18.3 Å². The lowest BCUT2D eigenvalue weighted by Gasteiger charge is -2.20. The first kappa shape index (κ1) is 12.3. The van der Waals surface area contributed by atoms with Crippen LogP contribution in [0.15, 0.2) is 12.1 Å². The van der Waals surface area contributed by atoms with Gasteiger partial charge in [0, 0.05) is 6.04 Å². The van der Waals surface area contributed by atoms with Gasteiger partial charge in [-0.15, -0.1) is 10.2 Å². The van der Waals surface area contributed by atoms with Crippen LogP contribution in [0.2, 0.25) is 0 Å². The van der Waals surface area contributed by atoms with Crippen molar-refractivity contribution in [3.8, 4) is 0 Å². The Balaban J connectivity index is 2.15. The van der Waals surface area contributed by atoms with Gasteiger partial charge in [-0.05, 0) is 25.0 Å². The highest BCUT2D eigenvalue weighted by Crippen LogP contribution is 2.29. The number of carbonyl (C=O) groups is 2. The van der Waals surface area contributed by atoms with Crippen molar-refractivity contribution in [2.45, 2.75) is 18.9 Å². The van der Waals surface area contributed by atoms with Gasteiger partial charge in [0.2, 0.25) is 0 Å². The second-order valence-corrected chi connectivity index (χ2v) is 4.02. The molecule has 1 aliphatic rings. The Hall–Kier alpha value is -2.18. The van der Waals surface area contributed by atoms with Crippen LogP contribution in [0.5, 0.6) is 0 Å². The molecule has 1 aromatic heterocycles. The first-order chi connectivity index (χ1) is 8.61. The molecule has 0 unspecified atom stereocenters. The summed E-state index contributed by atoms with van der Waals surface area (Å²) in [6, 6.07) is 3.27. The molecule has 0 aromatic carbocycles. The van der Waals surface area contributed by atoms with E-state index in [2.05, 4.69) is 14.9 Å². The number of aromatic nitrogens is 2. The predicted molar refractivity (Wildman–Crippen MR) is 61.4 cm³/mol. The average molecular weight is 251 g/mol. The Morgan fingerprint density at radius 3 is 2.61 bits per heavy atom. The minimum absolute atomic E-state index is 0.104. The maximum absolute atomic E-state index is 11.2. The number of esters is 1. The summed E-state index contributed by atoms with van der Waals surface area (Å²) in [5.74, 6) is -1.02. The van der Waals surface area contributed by atoms with Gasteiger partial charge in [-0.25, -0.2) is 4.79 Å². The number of nitrogens with zero attached hydrogens (tertiary/aromatic N) is 3. The zero-order valence-corrected chi connectivity index (χ0v) is 9.87. The molecule has 1 aromatic rings. The molecule has 1 saturated carbocycles. The van der Waals surface area contributed by atoms with Crippen LogP contribution >= 0.6 is 0 Å². The molecule has 1 heterocycles. The highest BCUT2D eigenvalue weighted by atomic mass is 16.5. The Morgan fingerprint density at radius 2 is 2.17 bits per heavy atom. The summed E-state index contributed by atoms with van der Waals surface area (Å²) in [5.41, 5.74) is 0.104. The minimum Gasteiger partial charge on any atom is -0.480 e. The van der Waals surface area contributed by atoms with Gasteiger partial charge in [-0.1, -0.05) is 0 Å². The van der Waals surface area contributed by atoms with Gasteiger partial charge in [-0.3, -0.25) is 4.79 Å². The number of carboxylic acids is 1. The third-order valence-corrected chi connectivity index (χ3v) is 2.63. The van der Waals surface area contributed by atoms with Crippen LogP contribution in [0.4, 0.5) is 5.82 Å². The van der Waals surface area contributed by atoms with Gasteiger partial charge in [0.1, 0.15) is 6.54 Å². The van der Waals surface area contributed by atoms with E-state index < -0.39 is 11.9 Å². The third-order valence-electron chi connectivity index (χ3n) is 2.63. The van der Waals surface area contributed by atoms with Crippen molar-refractivity contribution in [1.29, 1.82) is 0 Å². The molecule has 2 rings (SSSR count). The van der Waals surface area contributed by atoms with Gasteiger partial charge in [0.15, 0.2) is 11.5 Å². The number of hydrogen-bond acceptors (Lipinski definition) is 6. The maximum Gasteiger partial charge on any atom is 0.358 e. The van der Waals surface area contributed by atoms with E-state index in [0.717, 1.165) is 12.8 Å². The molecule has 0 aliphatic heterocycles. The van der Waals surface area contributed by atoms with Gasteiger partial charge < -0.3 is 14.7 Å². The van der Waals surface area contributed by atoms with Gasteiger partial charge in [-0.2, -0.15) is 0 Å². The monoisotopic (exact) mass is 251 g/mol. The fourth-order valence-electron chi connectivity index (χ4n) is 1.62. The van der Waals surface area contributed by atoms with Crippen molar-refractivity contribution < 1.29 is 19.4 Å². The molecule has 7 nitrogen and oxygen atoms in total. The van der Waals surface area contributed by atoms with Crippen LogP contribution in [0.25, 0.3) is 0 Å². The molecule has 0 radical (unpaired) electrons. The topological polar surface area (TPSA) is 92.6 Å². The summed E-state index contributed by atoms with van der Waals surface area (Å²) in [6.07, 6.45) is 1.90. The second-order valence-electron chi connectivity index (χ2n) is 4.02. The van der Waals surface area contributed by atoms with E-state index in [4.69, 9.17) is 5.11 Å². The zero-order valence-electron chi connectivity index (χ0n) is 9.87. The van der Waals surface area contributed by atoms with Gasteiger partial charge in [0.05, 0.1) is 7.11 Å². The Bertz CT molecular complexity index is 456. The van der Waals surface area contributed by atoms with E-state index in [1.54, 1.807) is 11.0 Å². The van der Waals surface area contributed by atoms with Crippen LogP contribution in [-0.4, -0.2) is 46.9 Å². The zero-order chi connectivity index (χ0) is 13.1. The summed E-state index contributed by atoms with van der Waals surface area (Å²) >= 11 is 0. The van der Waals surface area contributed by atoms with Crippen LogP contribution in [0.1, 0.15) is 23.3 Å².